The van der Waals surface area contributed by atoms with Gasteiger partial charge in [-0.25, -0.2) is 0 Å². The molecular weight excluding hydrogens is 301 g/mol. The molecule has 0 bridgehead atoms. The minimum atomic E-state index is 0. The SMILES string of the molecule is [Ce].[MgH2].[Ti].[Y]. The second-order valence-electron chi connectivity index (χ2n) is 0. The summed E-state index contributed by atoms with van der Waals surface area (Å²) in [6.45, 7) is 0. The maximum atomic E-state index is 0. The Balaban J connectivity index is 0. The number of hydrogen-bond acceptors (Lipinski definition) is 0. The molecule has 0 fully saturated rings. The third-order valence-corrected chi connectivity index (χ3v) is 0. The van der Waals surface area contributed by atoms with Crippen molar-refractivity contribution in [3.05, 3.63) is 0 Å². The summed E-state index contributed by atoms with van der Waals surface area (Å²) in [5, 5.41) is 0. The molecule has 0 aromatic carbocycles. The minimum absolute atomic E-state index is 0. The Hall–Kier alpha value is 3.96. The predicted molar refractivity (Wildman–Crippen MR) is 8.54 cm³/mol. The normalized spacial score (nSPS) is 0. The largest absolute Gasteiger partial charge is 0.316 e. The molecule has 4 heavy (non-hydrogen) atoms. The first-order valence-electron chi connectivity index (χ1n) is 0. The van der Waals surface area contributed by atoms with Crippen LogP contribution >= 0.6 is 0 Å². The van der Waals surface area contributed by atoms with Crippen molar-refractivity contribution >= 4 is 23.1 Å². The summed E-state index contributed by atoms with van der Waals surface area (Å²) in [6, 6.07) is 0. The molecule has 15 valence electrons. The standard InChI is InChI=1S/Ce.Mg.Ti.Y.2H. The maximum Gasteiger partial charge on any atom is 0.316 e. The van der Waals surface area contributed by atoms with Crippen LogP contribution in [0.2, 0.25) is 0 Å². The van der Waals surface area contributed by atoms with E-state index in [9.17, 15) is 0 Å². The van der Waals surface area contributed by atoms with E-state index in [2.05, 4.69) is 0 Å². The zero-order valence-electron chi connectivity index (χ0n) is 1.58. The van der Waals surface area contributed by atoms with Gasteiger partial charge in [-0.1, -0.05) is 0 Å². The van der Waals surface area contributed by atoms with E-state index >= 15 is 0 Å². The van der Waals surface area contributed by atoms with Crippen LogP contribution in [0.5, 0.6) is 0 Å². The predicted octanol–water partition coefficient (Wildman–Crippen LogP) is -0.921. The molecule has 4 heteroatoms. The fraction of sp³-hybridized carbons (Fsp3) is 0. The molecule has 0 aliphatic rings. The van der Waals surface area contributed by atoms with Gasteiger partial charge in [-0.15, -0.1) is 0 Å². The summed E-state index contributed by atoms with van der Waals surface area (Å²) in [4.78, 5) is 0. The molecule has 0 aromatic rings. The molecule has 0 nitrogen and oxygen atoms in total. The Bertz CT molecular complexity index is 8.00. The summed E-state index contributed by atoms with van der Waals surface area (Å²) in [6.07, 6.45) is 0. The monoisotopic (exact) mass is 303 g/mol. The third kappa shape index (κ3) is 9.35. The van der Waals surface area contributed by atoms with Gasteiger partial charge in [-0.2, -0.15) is 0 Å². The molecule has 0 saturated carbocycles. The topological polar surface area (TPSA) is 0 Å². The van der Waals surface area contributed by atoms with Crippen molar-refractivity contribution in [2.24, 2.45) is 0 Å². The fourth-order valence-electron chi connectivity index (χ4n) is 0. The van der Waals surface area contributed by atoms with E-state index in [1.54, 1.807) is 0 Å². The number of hydrogen-bond donors (Lipinski definition) is 0. The molecule has 0 rings (SSSR count). The Morgan fingerprint density at radius 3 is 1.00 bits per heavy atom. The van der Waals surface area contributed by atoms with Crippen molar-refractivity contribution in [2.45, 2.75) is 0 Å². The van der Waals surface area contributed by atoms with Crippen LogP contribution in [-0.2, 0) is 54.4 Å². The van der Waals surface area contributed by atoms with Crippen molar-refractivity contribution in [1.82, 2.24) is 0 Å². The zero-order valence-corrected chi connectivity index (χ0v) is 9.12. The molecule has 0 aliphatic carbocycles. The molecule has 0 heterocycles. The van der Waals surface area contributed by atoms with Crippen LogP contribution < -0.4 is 0 Å². The van der Waals surface area contributed by atoms with Gasteiger partial charge in [0, 0.05) is 96.2 Å². The summed E-state index contributed by atoms with van der Waals surface area (Å²) in [7, 11) is 0. The smallest absolute Gasteiger partial charge is 0 e. The van der Waals surface area contributed by atoms with E-state index in [1.807, 2.05) is 0 Å². The first kappa shape index (κ1) is 24.6. The van der Waals surface area contributed by atoms with Crippen LogP contribution in [0.25, 0.3) is 0 Å². The molecule has 1 radical (unpaired) electrons. The van der Waals surface area contributed by atoms with Gasteiger partial charge in [0.1, 0.15) is 0 Å². The Morgan fingerprint density at radius 1 is 1.00 bits per heavy atom. The fourth-order valence-corrected chi connectivity index (χ4v) is 0. The Morgan fingerprint density at radius 2 is 1.00 bits per heavy atom. The van der Waals surface area contributed by atoms with E-state index in [-0.39, 0.29) is 119 Å². The van der Waals surface area contributed by atoms with Crippen molar-refractivity contribution in [3.8, 4) is 0 Å². The summed E-state index contributed by atoms with van der Waals surface area (Å²) in [5.41, 5.74) is 0. The van der Waals surface area contributed by atoms with Crippen LogP contribution in [-0.4, -0.2) is 23.1 Å². The maximum absolute atomic E-state index is 0. The second kappa shape index (κ2) is 15.8. The van der Waals surface area contributed by atoms with Crippen molar-refractivity contribution < 1.29 is 96.2 Å². The second-order valence-corrected chi connectivity index (χ2v) is 0. The molecule has 0 aromatic heterocycles. The van der Waals surface area contributed by atoms with Crippen LogP contribution in [0.15, 0.2) is 0 Å². The van der Waals surface area contributed by atoms with Gasteiger partial charge in [0.05, 0.1) is 0 Å². The van der Waals surface area contributed by atoms with Gasteiger partial charge in [-0.05, 0) is 0 Å². The molecule has 0 spiro atoms. The van der Waals surface area contributed by atoms with Crippen LogP contribution in [0.4, 0.5) is 0 Å². The van der Waals surface area contributed by atoms with Gasteiger partial charge in [-0.3, -0.25) is 0 Å². The summed E-state index contributed by atoms with van der Waals surface area (Å²) >= 11 is 0. The molecular formula is H2CeMgTiY. The molecule has 0 aliphatic heterocycles. The van der Waals surface area contributed by atoms with Gasteiger partial charge in [0.2, 0.25) is 0 Å². The van der Waals surface area contributed by atoms with Gasteiger partial charge >= 0.3 is 23.1 Å². The summed E-state index contributed by atoms with van der Waals surface area (Å²) < 4.78 is 0. The van der Waals surface area contributed by atoms with Gasteiger partial charge < -0.3 is 0 Å². The Labute approximate surface area is 116 Å². The molecule has 0 unspecified atom stereocenters. The van der Waals surface area contributed by atoms with E-state index in [0.717, 1.165) is 0 Å². The van der Waals surface area contributed by atoms with E-state index in [4.69, 9.17) is 0 Å². The average molecular weight is 303 g/mol. The van der Waals surface area contributed by atoms with E-state index in [0.29, 0.717) is 0 Å². The minimum Gasteiger partial charge on any atom is 0 e. The average Bonchev–Trinajstić information content (AvgIpc) is 0. The van der Waals surface area contributed by atoms with Crippen LogP contribution in [0.1, 0.15) is 0 Å². The van der Waals surface area contributed by atoms with Crippen molar-refractivity contribution in [2.75, 3.05) is 0 Å². The van der Waals surface area contributed by atoms with Gasteiger partial charge in [0.15, 0.2) is 0 Å². The molecule has 0 atom stereocenters. The third-order valence-electron chi connectivity index (χ3n) is 0. The molecule has 0 amide bonds. The Kier molecular flexibility index (Phi) is 96.9. The zero-order chi connectivity index (χ0) is 0. The van der Waals surface area contributed by atoms with Gasteiger partial charge in [0.25, 0.3) is 0 Å². The summed E-state index contributed by atoms with van der Waals surface area (Å²) in [5.74, 6) is 0. The molecule has 0 N–H and O–H groups in total. The van der Waals surface area contributed by atoms with E-state index < -0.39 is 0 Å². The molecule has 0 saturated heterocycles. The first-order chi connectivity index (χ1) is 0. The first-order valence-corrected chi connectivity index (χ1v) is 0. The number of rotatable bonds is 0. The van der Waals surface area contributed by atoms with E-state index in [1.165, 1.54) is 0 Å². The van der Waals surface area contributed by atoms with Crippen molar-refractivity contribution in [1.29, 1.82) is 0 Å². The van der Waals surface area contributed by atoms with Crippen LogP contribution in [0, 0.1) is 41.7 Å². The quantitative estimate of drug-likeness (QED) is 0.508. The van der Waals surface area contributed by atoms with Crippen LogP contribution in [0.3, 0.4) is 0 Å². The van der Waals surface area contributed by atoms with Crippen molar-refractivity contribution in [3.63, 3.8) is 0 Å².